The molecule has 0 spiro atoms. The number of unbranched alkanes of at least 4 members (excludes halogenated alkanes) is 4. The average molecular weight is 347 g/mol. The molecule has 0 aromatic carbocycles. The van der Waals surface area contributed by atoms with E-state index in [1.807, 2.05) is 0 Å². The molecule has 2 radical (unpaired) electrons. The second-order valence-corrected chi connectivity index (χ2v) is 9.63. The van der Waals surface area contributed by atoms with Crippen LogP contribution in [-0.2, 0) is 0 Å². The van der Waals surface area contributed by atoms with Crippen LogP contribution in [0.1, 0.15) is 86.0 Å². The molecule has 0 heterocycles. The molecule has 0 aromatic rings. The summed E-state index contributed by atoms with van der Waals surface area (Å²) < 4.78 is 3.25. The third kappa shape index (κ3) is 26.4. The first-order chi connectivity index (χ1) is 8.18. The van der Waals surface area contributed by atoms with Gasteiger partial charge in [0.1, 0.15) is 0 Å². The van der Waals surface area contributed by atoms with E-state index in [-0.39, 0.29) is 21.1 Å². The summed E-state index contributed by atoms with van der Waals surface area (Å²) in [6.07, 6.45) is 11.4. The molecular weight excluding hydrogens is 311 g/mol. The maximum absolute atomic E-state index is 2.29. The predicted octanol–water partition coefficient (Wildman–Crippen LogP) is 6.35. The van der Waals surface area contributed by atoms with Gasteiger partial charge in [-0.15, -0.1) is 0 Å². The van der Waals surface area contributed by atoms with Gasteiger partial charge in [-0.1, -0.05) is 46.5 Å². The van der Waals surface area contributed by atoms with Crippen molar-refractivity contribution in [2.75, 3.05) is 0 Å². The van der Waals surface area contributed by atoms with E-state index in [1.165, 1.54) is 51.4 Å². The Morgan fingerprint density at radius 1 is 0.706 bits per heavy atom. The standard InChI is InChI=1S/C8H18.2C4H9.Sn/c1-4-5-6-7-8(2)3;2*1-3-4-2;/h8H,4-7H2,1-3H3;2*1,3-4H2,2H3;. The molecule has 0 aliphatic heterocycles. The maximum atomic E-state index is 2.29. The van der Waals surface area contributed by atoms with Crippen molar-refractivity contribution in [2.24, 2.45) is 5.92 Å². The van der Waals surface area contributed by atoms with Crippen molar-refractivity contribution >= 4 is 21.1 Å². The van der Waals surface area contributed by atoms with Crippen molar-refractivity contribution in [3.05, 3.63) is 0 Å². The molecule has 0 fully saturated rings. The van der Waals surface area contributed by atoms with E-state index in [1.54, 1.807) is 8.87 Å². The molecule has 1 heteroatoms. The summed E-state index contributed by atoms with van der Waals surface area (Å²) in [6, 6.07) is 0. The van der Waals surface area contributed by atoms with Crippen LogP contribution in [0.15, 0.2) is 0 Å². The molecule has 0 amide bonds. The van der Waals surface area contributed by atoms with E-state index >= 15 is 0 Å². The van der Waals surface area contributed by atoms with Gasteiger partial charge in [0, 0.05) is 0 Å². The topological polar surface area (TPSA) is 0 Å². The van der Waals surface area contributed by atoms with E-state index in [9.17, 15) is 0 Å². The van der Waals surface area contributed by atoms with E-state index < -0.39 is 0 Å². The molecule has 0 bridgehead atoms. The molecule has 0 rings (SSSR count). The molecule has 17 heavy (non-hydrogen) atoms. The zero-order chi connectivity index (χ0) is 13.4. The van der Waals surface area contributed by atoms with Crippen molar-refractivity contribution in [3.63, 3.8) is 0 Å². The molecule has 0 aliphatic carbocycles. The van der Waals surface area contributed by atoms with Gasteiger partial charge in [-0.2, -0.15) is 0 Å². The SMILES string of the molecule is CCCCCC(C)C.CCC[CH2][Sn][CH2]CCC. The summed E-state index contributed by atoms with van der Waals surface area (Å²) in [5.41, 5.74) is 0. The molecule has 0 atom stereocenters. The third-order valence-corrected chi connectivity index (χ3v) is 6.84. The minimum absolute atomic E-state index is 0.149. The Kier molecular flexibility index (Phi) is 22.7. The van der Waals surface area contributed by atoms with Gasteiger partial charge in [-0.05, 0) is 5.92 Å². The fraction of sp³-hybridized carbons (Fsp3) is 1.00. The predicted molar refractivity (Wildman–Crippen MR) is 84.2 cm³/mol. The van der Waals surface area contributed by atoms with Gasteiger partial charge in [-0.25, -0.2) is 0 Å². The van der Waals surface area contributed by atoms with Gasteiger partial charge in [0.15, 0.2) is 0 Å². The van der Waals surface area contributed by atoms with Gasteiger partial charge in [0.2, 0.25) is 0 Å². The second-order valence-electron chi connectivity index (χ2n) is 5.35. The Morgan fingerprint density at radius 3 is 1.53 bits per heavy atom. The first-order valence-electron chi connectivity index (χ1n) is 7.89. The Bertz CT molecular complexity index is 104. The van der Waals surface area contributed by atoms with Crippen LogP contribution in [0, 0.1) is 5.92 Å². The second kappa shape index (κ2) is 19.1. The van der Waals surface area contributed by atoms with Crippen molar-refractivity contribution in [1.29, 1.82) is 0 Å². The number of rotatable bonds is 10. The summed E-state index contributed by atoms with van der Waals surface area (Å²) in [4.78, 5) is 0. The Morgan fingerprint density at radius 2 is 1.18 bits per heavy atom. The van der Waals surface area contributed by atoms with Crippen molar-refractivity contribution in [1.82, 2.24) is 0 Å². The molecular formula is C16H36Sn. The van der Waals surface area contributed by atoms with E-state index in [0.717, 1.165) is 5.92 Å². The fourth-order valence-corrected chi connectivity index (χ4v) is 5.69. The molecule has 0 N–H and O–H groups in total. The summed E-state index contributed by atoms with van der Waals surface area (Å²) in [5.74, 6) is 0.904. The normalized spacial score (nSPS) is 10.2. The van der Waals surface area contributed by atoms with Crippen molar-refractivity contribution < 1.29 is 0 Å². The monoisotopic (exact) mass is 348 g/mol. The summed E-state index contributed by atoms with van der Waals surface area (Å²) in [5, 5.41) is 0. The molecule has 104 valence electrons. The van der Waals surface area contributed by atoms with E-state index in [0.29, 0.717) is 0 Å². The quantitative estimate of drug-likeness (QED) is 0.319. The van der Waals surface area contributed by atoms with Gasteiger partial charge in [-0.3, -0.25) is 0 Å². The summed E-state index contributed by atoms with van der Waals surface area (Å²) >= 11 is 0.149. The molecule has 0 aromatic heterocycles. The molecule has 0 saturated carbocycles. The molecule has 0 saturated heterocycles. The van der Waals surface area contributed by atoms with Gasteiger partial charge < -0.3 is 0 Å². The van der Waals surface area contributed by atoms with Crippen LogP contribution in [0.5, 0.6) is 0 Å². The zero-order valence-electron chi connectivity index (χ0n) is 13.1. The van der Waals surface area contributed by atoms with Crippen LogP contribution in [0.25, 0.3) is 0 Å². The fourth-order valence-electron chi connectivity index (χ4n) is 1.53. The van der Waals surface area contributed by atoms with E-state index in [4.69, 9.17) is 0 Å². The van der Waals surface area contributed by atoms with Gasteiger partial charge in [0.05, 0.1) is 0 Å². The Balaban J connectivity index is 0. The molecule has 0 unspecified atom stereocenters. The van der Waals surface area contributed by atoms with Crippen LogP contribution in [0.3, 0.4) is 0 Å². The third-order valence-electron chi connectivity index (χ3n) is 2.80. The van der Waals surface area contributed by atoms with Crippen molar-refractivity contribution in [3.8, 4) is 0 Å². The minimum atomic E-state index is 0.149. The van der Waals surface area contributed by atoms with Gasteiger partial charge >= 0.3 is 69.5 Å². The molecule has 0 nitrogen and oxygen atoms in total. The van der Waals surface area contributed by atoms with Crippen LogP contribution in [0.2, 0.25) is 8.87 Å². The number of hydrogen-bond donors (Lipinski definition) is 0. The van der Waals surface area contributed by atoms with Crippen LogP contribution in [0.4, 0.5) is 0 Å². The number of hydrogen-bond acceptors (Lipinski definition) is 0. The Hall–Kier alpha value is 0.799. The van der Waals surface area contributed by atoms with Gasteiger partial charge in [0.25, 0.3) is 0 Å². The summed E-state index contributed by atoms with van der Waals surface area (Å²) in [7, 11) is 0. The van der Waals surface area contributed by atoms with Crippen molar-refractivity contribution in [2.45, 2.75) is 94.9 Å². The van der Waals surface area contributed by atoms with Crippen LogP contribution < -0.4 is 0 Å². The van der Waals surface area contributed by atoms with Crippen LogP contribution in [-0.4, -0.2) is 21.1 Å². The van der Waals surface area contributed by atoms with Crippen LogP contribution >= 0.6 is 0 Å². The average Bonchev–Trinajstić information content (AvgIpc) is 2.30. The first-order valence-corrected chi connectivity index (χ1v) is 11.9. The Labute approximate surface area is 122 Å². The molecule has 0 aliphatic rings. The van der Waals surface area contributed by atoms with E-state index in [2.05, 4.69) is 34.6 Å². The first kappa shape index (κ1) is 20.1. The summed E-state index contributed by atoms with van der Waals surface area (Å²) in [6.45, 7) is 11.4. The zero-order valence-corrected chi connectivity index (χ0v) is 16.0.